The molecule has 90 valence electrons. The maximum atomic E-state index is 8.87. The Hall–Kier alpha value is 0.491. The summed E-state index contributed by atoms with van der Waals surface area (Å²) in [6, 6.07) is 0.861. The third-order valence-electron chi connectivity index (χ3n) is 2.20. The van der Waals surface area contributed by atoms with Gasteiger partial charge in [-0.1, -0.05) is 0 Å². The van der Waals surface area contributed by atoms with Gasteiger partial charge in [-0.05, 0) is 45.2 Å². The summed E-state index contributed by atoms with van der Waals surface area (Å²) in [5.74, 6) is 0. The van der Waals surface area contributed by atoms with Crippen LogP contribution in [-0.2, 0) is 12.3 Å². The number of aliphatic hydroxyl groups excluding tert-OH is 1. The van der Waals surface area contributed by atoms with Gasteiger partial charge in [0, 0.05) is 6.61 Å². The molecule has 0 aromatic rings. The fourth-order valence-corrected chi connectivity index (χ4v) is 18.5. The Morgan fingerprint density at radius 2 is 1.33 bits per heavy atom. The van der Waals surface area contributed by atoms with E-state index in [2.05, 4.69) is 32.7 Å². The van der Waals surface area contributed by atoms with Gasteiger partial charge in [-0.15, -0.1) is 0 Å². The summed E-state index contributed by atoms with van der Waals surface area (Å²) in [7, 11) is -6.08. The molecule has 1 aliphatic rings. The van der Waals surface area contributed by atoms with Gasteiger partial charge >= 0.3 is 25.7 Å². The largest absolute Gasteiger partial charge is 0.416 e. The van der Waals surface area contributed by atoms with Gasteiger partial charge in [0.25, 0.3) is 0 Å². The Bertz CT molecular complexity index is 216. The lowest BCUT2D eigenvalue weighted by molar-refractivity contribution is 0.225. The first kappa shape index (κ1) is 13.6. The molecule has 0 spiro atoms. The van der Waals surface area contributed by atoms with Crippen molar-refractivity contribution >= 4 is 25.7 Å². The SMILES string of the molecule is C[Si]1(C)O[Si](C)(C)O[Si](C)(CCCO)O1. The van der Waals surface area contributed by atoms with Gasteiger partial charge in [-0.3, -0.25) is 0 Å². The fourth-order valence-electron chi connectivity index (χ4n) is 2.20. The van der Waals surface area contributed by atoms with Crippen molar-refractivity contribution in [3.63, 3.8) is 0 Å². The van der Waals surface area contributed by atoms with Crippen LogP contribution in [0, 0.1) is 0 Å². The van der Waals surface area contributed by atoms with Crippen molar-refractivity contribution < 1.29 is 17.5 Å². The second-order valence-corrected chi connectivity index (χ2v) is 15.9. The first-order valence-corrected chi connectivity index (χ1v) is 13.6. The van der Waals surface area contributed by atoms with Crippen molar-refractivity contribution in [2.24, 2.45) is 0 Å². The summed E-state index contributed by atoms with van der Waals surface area (Å²) in [6.45, 7) is 10.6. The van der Waals surface area contributed by atoms with E-state index in [-0.39, 0.29) is 6.61 Å². The molecule has 0 aromatic carbocycles. The minimum atomic E-state index is -2.09. The van der Waals surface area contributed by atoms with E-state index < -0.39 is 25.7 Å². The van der Waals surface area contributed by atoms with Crippen molar-refractivity contribution in [2.45, 2.75) is 45.2 Å². The average molecular weight is 267 g/mol. The zero-order valence-corrected chi connectivity index (χ0v) is 13.3. The number of aliphatic hydroxyl groups is 1. The Morgan fingerprint density at radius 1 is 0.867 bits per heavy atom. The van der Waals surface area contributed by atoms with E-state index in [9.17, 15) is 0 Å². The van der Waals surface area contributed by atoms with E-state index in [0.29, 0.717) is 0 Å². The molecule has 1 rings (SSSR count). The molecule has 0 bridgehead atoms. The minimum Gasteiger partial charge on any atom is -0.416 e. The van der Waals surface area contributed by atoms with Crippen LogP contribution in [0.15, 0.2) is 0 Å². The first-order valence-electron chi connectivity index (χ1n) is 5.39. The van der Waals surface area contributed by atoms with Crippen LogP contribution in [-0.4, -0.2) is 37.4 Å². The Kier molecular flexibility index (Phi) is 3.97. The first-order chi connectivity index (χ1) is 6.68. The zero-order chi connectivity index (χ0) is 11.7. The molecule has 7 heteroatoms. The molecular weight excluding hydrogens is 244 g/mol. The Labute approximate surface area is 95.3 Å². The molecule has 0 atom stereocenters. The molecule has 1 N–H and O–H groups in total. The second-order valence-electron chi connectivity index (χ2n) is 5.07. The number of hydrogen-bond donors (Lipinski definition) is 1. The molecule has 0 radical (unpaired) electrons. The molecule has 0 aromatic heterocycles. The lowest BCUT2D eigenvalue weighted by atomic mass is 10.5. The minimum absolute atomic E-state index is 0.208. The van der Waals surface area contributed by atoms with Crippen LogP contribution < -0.4 is 0 Å². The average Bonchev–Trinajstić information content (AvgIpc) is 1.93. The normalized spacial score (nSPS) is 27.6. The second kappa shape index (κ2) is 4.40. The predicted octanol–water partition coefficient (Wildman–Crippen LogP) is 1.91. The number of hydrogen-bond acceptors (Lipinski definition) is 4. The molecule has 0 aliphatic carbocycles. The molecule has 1 heterocycles. The van der Waals surface area contributed by atoms with Gasteiger partial charge in [0.2, 0.25) is 0 Å². The van der Waals surface area contributed by atoms with Crippen LogP contribution in [0.1, 0.15) is 6.42 Å². The summed E-state index contributed by atoms with van der Waals surface area (Å²) in [5, 5.41) is 8.87. The summed E-state index contributed by atoms with van der Waals surface area (Å²) in [5.41, 5.74) is 0. The van der Waals surface area contributed by atoms with Crippen LogP contribution in [0.3, 0.4) is 0 Å². The third kappa shape index (κ3) is 4.10. The summed E-state index contributed by atoms with van der Waals surface area (Å²) < 4.78 is 18.1. The summed E-state index contributed by atoms with van der Waals surface area (Å²) >= 11 is 0. The van der Waals surface area contributed by atoms with Crippen LogP contribution in [0.2, 0.25) is 38.8 Å². The lowest BCUT2D eigenvalue weighted by Crippen LogP contribution is -2.65. The van der Waals surface area contributed by atoms with Crippen LogP contribution >= 0.6 is 0 Å². The van der Waals surface area contributed by atoms with Crippen LogP contribution in [0.4, 0.5) is 0 Å². The van der Waals surface area contributed by atoms with E-state index >= 15 is 0 Å². The monoisotopic (exact) mass is 266 g/mol. The van der Waals surface area contributed by atoms with Crippen LogP contribution in [0.5, 0.6) is 0 Å². The van der Waals surface area contributed by atoms with Crippen molar-refractivity contribution in [1.82, 2.24) is 0 Å². The molecule has 1 fully saturated rings. The molecule has 1 aliphatic heterocycles. The molecule has 0 unspecified atom stereocenters. The third-order valence-corrected chi connectivity index (χ3v) is 14.8. The molecule has 4 nitrogen and oxygen atoms in total. The van der Waals surface area contributed by atoms with Crippen LogP contribution in [0.25, 0.3) is 0 Å². The van der Waals surface area contributed by atoms with Crippen molar-refractivity contribution in [3.8, 4) is 0 Å². The van der Waals surface area contributed by atoms with Gasteiger partial charge in [0.1, 0.15) is 0 Å². The quantitative estimate of drug-likeness (QED) is 0.793. The van der Waals surface area contributed by atoms with Crippen molar-refractivity contribution in [1.29, 1.82) is 0 Å². The Morgan fingerprint density at radius 3 is 1.73 bits per heavy atom. The standard InChI is InChI=1S/C8H22O4Si3/c1-13(2)10-14(3,4)12-15(5,11-13)8-6-7-9/h9H,6-8H2,1-5H3. The van der Waals surface area contributed by atoms with Gasteiger partial charge in [0.15, 0.2) is 0 Å². The van der Waals surface area contributed by atoms with E-state index in [1.165, 1.54) is 0 Å². The summed E-state index contributed by atoms with van der Waals surface area (Å²) in [6.07, 6.45) is 0.762. The molecule has 0 amide bonds. The topological polar surface area (TPSA) is 47.9 Å². The van der Waals surface area contributed by atoms with Crippen molar-refractivity contribution in [2.75, 3.05) is 6.61 Å². The number of rotatable bonds is 3. The highest BCUT2D eigenvalue weighted by molar-refractivity contribution is 6.92. The van der Waals surface area contributed by atoms with Gasteiger partial charge in [-0.2, -0.15) is 0 Å². The Balaban J connectivity index is 2.73. The lowest BCUT2D eigenvalue weighted by Gasteiger charge is -2.47. The van der Waals surface area contributed by atoms with E-state index in [0.717, 1.165) is 12.5 Å². The van der Waals surface area contributed by atoms with E-state index in [1.54, 1.807) is 0 Å². The maximum Gasteiger partial charge on any atom is 0.317 e. The van der Waals surface area contributed by atoms with Gasteiger partial charge < -0.3 is 17.5 Å². The summed E-state index contributed by atoms with van der Waals surface area (Å²) in [4.78, 5) is 0. The highest BCUT2D eigenvalue weighted by Crippen LogP contribution is 2.33. The van der Waals surface area contributed by atoms with E-state index in [4.69, 9.17) is 17.5 Å². The molecule has 1 saturated heterocycles. The molecule has 0 saturated carbocycles. The predicted molar refractivity (Wildman–Crippen MR) is 66.3 cm³/mol. The smallest absolute Gasteiger partial charge is 0.317 e. The van der Waals surface area contributed by atoms with Gasteiger partial charge in [0.05, 0.1) is 0 Å². The zero-order valence-electron chi connectivity index (χ0n) is 10.3. The molecule has 15 heavy (non-hydrogen) atoms. The van der Waals surface area contributed by atoms with Crippen molar-refractivity contribution in [3.05, 3.63) is 0 Å². The molecular formula is C8H22O4Si3. The van der Waals surface area contributed by atoms with E-state index in [1.807, 2.05) is 0 Å². The fraction of sp³-hybridized carbons (Fsp3) is 1.00. The highest BCUT2D eigenvalue weighted by atomic mass is 28.5. The maximum absolute atomic E-state index is 8.87. The van der Waals surface area contributed by atoms with Gasteiger partial charge in [-0.25, -0.2) is 0 Å². The highest BCUT2D eigenvalue weighted by Gasteiger charge is 2.52.